The van der Waals surface area contributed by atoms with Crippen molar-refractivity contribution in [1.82, 2.24) is 4.90 Å². The lowest BCUT2D eigenvalue weighted by atomic mass is 10.0. The van der Waals surface area contributed by atoms with Crippen LogP contribution in [0.25, 0.3) is 6.08 Å². The standard InChI is InChI=1S/C20H20N2O3/c21-20(25)15-8-5-14(6-9-15)7-10-19(24)22-12-11-18(23)17-4-2-1-3-16(17)13-22/h1-10,18,23H,11-13H2,(H2,21,25)/b10-7+. The first-order valence-corrected chi connectivity index (χ1v) is 8.17. The molecule has 0 saturated heterocycles. The summed E-state index contributed by atoms with van der Waals surface area (Å²) in [6.07, 6.45) is 3.20. The number of amides is 2. The van der Waals surface area contributed by atoms with E-state index in [9.17, 15) is 14.7 Å². The average Bonchev–Trinajstić information content (AvgIpc) is 2.79. The van der Waals surface area contributed by atoms with Crippen LogP contribution in [0.3, 0.4) is 0 Å². The highest BCUT2D eigenvalue weighted by Gasteiger charge is 2.22. The van der Waals surface area contributed by atoms with Crippen LogP contribution in [0.2, 0.25) is 0 Å². The van der Waals surface area contributed by atoms with Gasteiger partial charge in [0.15, 0.2) is 0 Å². The molecule has 0 saturated carbocycles. The van der Waals surface area contributed by atoms with Crippen molar-refractivity contribution < 1.29 is 14.7 Å². The minimum absolute atomic E-state index is 0.108. The fraction of sp³-hybridized carbons (Fsp3) is 0.200. The Bertz CT molecular complexity index is 812. The maximum Gasteiger partial charge on any atom is 0.248 e. The molecule has 1 unspecified atom stereocenters. The number of hydrogen-bond donors (Lipinski definition) is 2. The highest BCUT2D eigenvalue weighted by molar-refractivity contribution is 5.94. The average molecular weight is 336 g/mol. The molecule has 2 amide bonds. The van der Waals surface area contributed by atoms with Crippen LogP contribution >= 0.6 is 0 Å². The van der Waals surface area contributed by atoms with Crippen molar-refractivity contribution in [3.05, 3.63) is 76.9 Å². The maximum absolute atomic E-state index is 12.5. The summed E-state index contributed by atoms with van der Waals surface area (Å²) in [5.41, 5.74) is 8.32. The number of carbonyl (C=O) groups is 2. The van der Waals surface area contributed by atoms with Gasteiger partial charge in [-0.15, -0.1) is 0 Å². The number of aliphatic hydroxyl groups excluding tert-OH is 1. The van der Waals surface area contributed by atoms with Crippen molar-refractivity contribution in [2.45, 2.75) is 19.1 Å². The number of fused-ring (bicyclic) bond motifs is 1. The number of nitrogens with zero attached hydrogens (tertiary/aromatic N) is 1. The Hall–Kier alpha value is -2.92. The zero-order valence-corrected chi connectivity index (χ0v) is 13.8. The zero-order chi connectivity index (χ0) is 17.8. The minimum Gasteiger partial charge on any atom is -0.388 e. The molecule has 5 nitrogen and oxygen atoms in total. The number of benzene rings is 2. The van der Waals surface area contributed by atoms with E-state index in [2.05, 4.69) is 0 Å². The summed E-state index contributed by atoms with van der Waals surface area (Å²) in [6.45, 7) is 0.983. The monoisotopic (exact) mass is 336 g/mol. The predicted octanol–water partition coefficient (Wildman–Crippen LogP) is 2.26. The minimum atomic E-state index is -0.542. The molecule has 3 N–H and O–H groups in total. The molecule has 25 heavy (non-hydrogen) atoms. The molecule has 1 atom stereocenters. The Morgan fingerprint density at radius 2 is 1.84 bits per heavy atom. The largest absolute Gasteiger partial charge is 0.388 e. The van der Waals surface area contributed by atoms with Crippen LogP contribution in [0.15, 0.2) is 54.6 Å². The fourth-order valence-corrected chi connectivity index (χ4v) is 2.94. The lowest BCUT2D eigenvalue weighted by Crippen LogP contribution is -2.29. The number of primary amides is 1. The second-order valence-corrected chi connectivity index (χ2v) is 6.08. The first kappa shape index (κ1) is 16.9. The van der Waals surface area contributed by atoms with Gasteiger partial charge in [-0.1, -0.05) is 36.4 Å². The third-order valence-corrected chi connectivity index (χ3v) is 4.37. The summed E-state index contributed by atoms with van der Waals surface area (Å²) in [6, 6.07) is 14.4. The second-order valence-electron chi connectivity index (χ2n) is 6.08. The molecular weight excluding hydrogens is 316 g/mol. The first-order chi connectivity index (χ1) is 12.0. The Labute approximate surface area is 146 Å². The van der Waals surface area contributed by atoms with Gasteiger partial charge in [0, 0.05) is 24.7 Å². The Morgan fingerprint density at radius 1 is 1.12 bits per heavy atom. The van der Waals surface area contributed by atoms with Gasteiger partial charge < -0.3 is 15.7 Å². The summed E-state index contributed by atoms with van der Waals surface area (Å²) in [5, 5.41) is 10.2. The van der Waals surface area contributed by atoms with Gasteiger partial charge in [-0.25, -0.2) is 0 Å². The van der Waals surface area contributed by atoms with Gasteiger partial charge in [-0.3, -0.25) is 9.59 Å². The van der Waals surface area contributed by atoms with Crippen molar-refractivity contribution in [3.8, 4) is 0 Å². The molecule has 2 aromatic carbocycles. The number of aliphatic hydroxyl groups is 1. The number of rotatable bonds is 3. The van der Waals surface area contributed by atoms with E-state index < -0.39 is 12.0 Å². The predicted molar refractivity (Wildman–Crippen MR) is 95.4 cm³/mol. The van der Waals surface area contributed by atoms with E-state index in [4.69, 9.17) is 5.73 Å². The molecule has 0 spiro atoms. The van der Waals surface area contributed by atoms with Crippen molar-refractivity contribution in [2.75, 3.05) is 6.54 Å². The normalized spacial score (nSPS) is 17.2. The third-order valence-electron chi connectivity index (χ3n) is 4.37. The van der Waals surface area contributed by atoms with Gasteiger partial charge in [0.1, 0.15) is 0 Å². The Balaban J connectivity index is 1.72. The van der Waals surface area contributed by atoms with Crippen molar-refractivity contribution >= 4 is 17.9 Å². The molecule has 0 bridgehead atoms. The molecule has 0 radical (unpaired) electrons. The molecule has 1 aliphatic rings. The zero-order valence-electron chi connectivity index (χ0n) is 13.8. The van der Waals surface area contributed by atoms with Gasteiger partial charge >= 0.3 is 0 Å². The van der Waals surface area contributed by atoms with E-state index in [1.807, 2.05) is 24.3 Å². The quantitative estimate of drug-likeness (QED) is 0.843. The van der Waals surface area contributed by atoms with Gasteiger partial charge in [0.2, 0.25) is 11.8 Å². The first-order valence-electron chi connectivity index (χ1n) is 8.17. The van der Waals surface area contributed by atoms with E-state index >= 15 is 0 Å². The van der Waals surface area contributed by atoms with Crippen LogP contribution in [-0.2, 0) is 11.3 Å². The fourth-order valence-electron chi connectivity index (χ4n) is 2.94. The summed E-state index contributed by atoms with van der Waals surface area (Å²) >= 11 is 0. The van der Waals surface area contributed by atoms with Crippen LogP contribution in [0.4, 0.5) is 0 Å². The molecule has 0 fully saturated rings. The van der Waals surface area contributed by atoms with Crippen LogP contribution < -0.4 is 5.73 Å². The number of nitrogens with two attached hydrogens (primary N) is 1. The molecule has 2 aromatic rings. The van der Waals surface area contributed by atoms with E-state index in [1.165, 1.54) is 6.08 Å². The summed E-state index contributed by atoms with van der Waals surface area (Å²) in [4.78, 5) is 25.3. The molecule has 3 rings (SSSR count). The van der Waals surface area contributed by atoms with Crippen LogP contribution in [0.1, 0.15) is 39.6 Å². The SMILES string of the molecule is NC(=O)c1ccc(/C=C/C(=O)N2CCC(O)c3ccccc3C2)cc1. The number of carbonyl (C=O) groups excluding carboxylic acids is 2. The second kappa shape index (κ2) is 7.32. The van der Waals surface area contributed by atoms with Crippen molar-refractivity contribution in [3.63, 3.8) is 0 Å². The summed E-state index contributed by atoms with van der Waals surface area (Å²) in [5.74, 6) is -0.587. The Morgan fingerprint density at radius 3 is 2.56 bits per heavy atom. The lowest BCUT2D eigenvalue weighted by molar-refractivity contribution is -0.126. The smallest absolute Gasteiger partial charge is 0.248 e. The molecule has 0 aliphatic carbocycles. The molecule has 1 heterocycles. The summed E-state index contributed by atoms with van der Waals surface area (Å²) in [7, 11) is 0. The molecular formula is C20H20N2O3. The number of hydrogen-bond acceptors (Lipinski definition) is 3. The van der Waals surface area contributed by atoms with Crippen LogP contribution in [0, 0.1) is 0 Å². The van der Waals surface area contributed by atoms with E-state index in [0.29, 0.717) is 25.1 Å². The van der Waals surface area contributed by atoms with Crippen LogP contribution in [-0.4, -0.2) is 28.4 Å². The van der Waals surface area contributed by atoms with E-state index in [-0.39, 0.29) is 5.91 Å². The molecule has 5 heteroatoms. The molecule has 128 valence electrons. The third kappa shape index (κ3) is 3.95. The lowest BCUT2D eigenvalue weighted by Gasteiger charge is -2.19. The van der Waals surface area contributed by atoms with Crippen molar-refractivity contribution in [2.24, 2.45) is 5.73 Å². The van der Waals surface area contributed by atoms with Gasteiger partial charge in [-0.05, 0) is 41.3 Å². The van der Waals surface area contributed by atoms with E-state index in [1.54, 1.807) is 35.2 Å². The Kier molecular flexibility index (Phi) is 4.95. The topological polar surface area (TPSA) is 83.6 Å². The van der Waals surface area contributed by atoms with Gasteiger partial charge in [-0.2, -0.15) is 0 Å². The maximum atomic E-state index is 12.5. The highest BCUT2D eigenvalue weighted by Crippen LogP contribution is 2.26. The highest BCUT2D eigenvalue weighted by atomic mass is 16.3. The van der Waals surface area contributed by atoms with Gasteiger partial charge in [0.05, 0.1) is 6.10 Å². The van der Waals surface area contributed by atoms with Gasteiger partial charge in [0.25, 0.3) is 0 Å². The van der Waals surface area contributed by atoms with E-state index in [0.717, 1.165) is 16.7 Å². The van der Waals surface area contributed by atoms with Crippen molar-refractivity contribution in [1.29, 1.82) is 0 Å². The molecule has 0 aromatic heterocycles. The summed E-state index contributed by atoms with van der Waals surface area (Å²) < 4.78 is 0. The van der Waals surface area contributed by atoms with Crippen LogP contribution in [0.5, 0.6) is 0 Å². The molecule has 1 aliphatic heterocycles.